The zero-order valence-corrected chi connectivity index (χ0v) is 15.6. The molecule has 4 N–H and O–H groups in total. The number of nitrogens with two attached hydrogens (primary N) is 1. The lowest BCUT2D eigenvalue weighted by Gasteiger charge is -2.07. The Morgan fingerprint density at radius 1 is 1.36 bits per heavy atom. The fourth-order valence-corrected chi connectivity index (χ4v) is 3.76. The van der Waals surface area contributed by atoms with Crippen LogP contribution in [0.5, 0.6) is 0 Å². The Morgan fingerprint density at radius 2 is 2.00 bits per heavy atom. The lowest BCUT2D eigenvalue weighted by molar-refractivity contribution is -0.134. The summed E-state index contributed by atoms with van der Waals surface area (Å²) in [6.07, 6.45) is 3.02. The van der Waals surface area contributed by atoms with Crippen molar-refractivity contribution in [1.82, 2.24) is 9.78 Å². The second kappa shape index (κ2) is 8.24. The number of hydrogen-bond donors (Lipinski definition) is 3. The molecule has 0 aliphatic rings. The molecular weight excluding hydrogens is 410 g/mol. The van der Waals surface area contributed by atoms with Crippen molar-refractivity contribution in [3.63, 3.8) is 0 Å². The van der Waals surface area contributed by atoms with E-state index in [1.807, 2.05) is 17.8 Å². The van der Waals surface area contributed by atoms with E-state index in [0.717, 1.165) is 10.3 Å². The number of benzene rings is 1. The summed E-state index contributed by atoms with van der Waals surface area (Å²) in [5.74, 6) is -2.51. The molecule has 25 heavy (non-hydrogen) atoms. The van der Waals surface area contributed by atoms with Crippen LogP contribution in [0.2, 0.25) is 0 Å². The second-order valence-electron chi connectivity index (χ2n) is 5.28. The van der Waals surface area contributed by atoms with Gasteiger partial charge in [-0.15, -0.1) is 11.3 Å². The predicted octanol–water partition coefficient (Wildman–Crippen LogP) is 3.07. The van der Waals surface area contributed by atoms with Gasteiger partial charge in [-0.1, -0.05) is 0 Å². The fourth-order valence-electron chi connectivity index (χ4n) is 2.22. The van der Waals surface area contributed by atoms with Gasteiger partial charge in [0.1, 0.15) is 0 Å². The number of halogens is 1. The molecule has 0 unspecified atom stereocenters. The first-order valence-electron chi connectivity index (χ1n) is 7.21. The quantitative estimate of drug-likeness (QED) is 0.552. The number of carbonyl (C=O) groups is 2. The predicted molar refractivity (Wildman–Crippen MR) is 101 cm³/mol. The Balaban J connectivity index is 0.000000242. The monoisotopic (exact) mass is 425 g/mol. The van der Waals surface area contributed by atoms with Crippen LogP contribution in [0.4, 0.5) is 0 Å². The zero-order chi connectivity index (χ0) is 18.6. The molecule has 0 saturated heterocycles. The maximum absolute atomic E-state index is 9.55. The summed E-state index contributed by atoms with van der Waals surface area (Å²) in [6, 6.07) is 6.52. The van der Waals surface area contributed by atoms with E-state index in [2.05, 4.69) is 39.2 Å². The van der Waals surface area contributed by atoms with Gasteiger partial charge in [0.15, 0.2) is 0 Å². The molecule has 7 nitrogen and oxygen atoms in total. The molecule has 0 aliphatic heterocycles. The molecule has 0 aliphatic carbocycles. The summed E-state index contributed by atoms with van der Waals surface area (Å²) < 4.78 is 4.42. The number of nitrogens with zero attached hydrogens (tertiary/aromatic N) is 2. The first kappa shape index (κ1) is 19.1. The Bertz CT molecular complexity index is 930. The van der Waals surface area contributed by atoms with Gasteiger partial charge in [0.2, 0.25) is 0 Å². The molecule has 3 aromatic rings. The molecule has 0 spiro atoms. The van der Waals surface area contributed by atoms with E-state index in [0.29, 0.717) is 12.2 Å². The minimum absolute atomic E-state index is 0.107. The number of carboxylic acid groups (broad SMARTS) is 2. The van der Waals surface area contributed by atoms with E-state index in [1.54, 1.807) is 11.3 Å². The van der Waals surface area contributed by atoms with E-state index in [1.165, 1.54) is 21.0 Å². The molecule has 3 rings (SSSR count). The van der Waals surface area contributed by atoms with Crippen LogP contribution in [0.3, 0.4) is 0 Å². The normalized spacial score (nSPS) is 12.3. The third kappa shape index (κ3) is 5.12. The van der Waals surface area contributed by atoms with Gasteiger partial charge in [0, 0.05) is 33.7 Å². The Hall–Kier alpha value is -2.23. The number of fused-ring (bicyclic) bond motifs is 3. The Labute approximate surface area is 155 Å². The number of carboxylic acids is 2. The van der Waals surface area contributed by atoms with Crippen molar-refractivity contribution in [1.29, 1.82) is 0 Å². The topological polar surface area (TPSA) is 118 Å². The number of hydrogen-bond acceptors (Lipinski definition) is 5. The van der Waals surface area contributed by atoms with Crippen LogP contribution in [0.25, 0.3) is 21.0 Å². The number of rotatable bonds is 4. The highest BCUT2D eigenvalue weighted by Gasteiger charge is 2.10. The first-order chi connectivity index (χ1) is 11.8. The van der Waals surface area contributed by atoms with Crippen molar-refractivity contribution in [2.24, 2.45) is 5.73 Å². The highest BCUT2D eigenvalue weighted by Crippen LogP contribution is 2.34. The minimum atomic E-state index is -1.26. The lowest BCUT2D eigenvalue weighted by Crippen LogP contribution is -2.22. The zero-order valence-electron chi connectivity index (χ0n) is 13.2. The van der Waals surface area contributed by atoms with Crippen molar-refractivity contribution in [2.45, 2.75) is 19.5 Å². The molecular formula is C16H16BrN3O4S. The maximum Gasteiger partial charge on any atom is 0.328 e. The van der Waals surface area contributed by atoms with E-state index < -0.39 is 11.9 Å². The van der Waals surface area contributed by atoms with Crippen molar-refractivity contribution >= 4 is 60.2 Å². The molecule has 2 heterocycles. The molecule has 2 aromatic heterocycles. The van der Waals surface area contributed by atoms with E-state index in [9.17, 15) is 9.59 Å². The third-order valence-corrected chi connectivity index (χ3v) is 4.70. The second-order valence-corrected chi connectivity index (χ2v) is 7.74. The molecule has 9 heteroatoms. The standard InChI is InChI=1S/C12H12BrN3S.C4H4O4/c1-7(14)6-16-12-8(5-15-16)2-3-10-9(12)4-11(13)17-10;5-3(6)1-2-4(7)8/h2-5,7H,6,14H2,1H3;1-2H,(H,5,6)(H,7,8)/b;2-1+/t7-;/m0./s1. The van der Waals surface area contributed by atoms with Crippen molar-refractivity contribution in [2.75, 3.05) is 0 Å². The van der Waals surface area contributed by atoms with Crippen LogP contribution in [-0.2, 0) is 16.1 Å². The Kier molecular flexibility index (Phi) is 6.29. The van der Waals surface area contributed by atoms with Crippen molar-refractivity contribution in [3.8, 4) is 0 Å². The molecule has 1 aromatic carbocycles. The molecule has 0 amide bonds. The van der Waals surface area contributed by atoms with Gasteiger partial charge in [0.25, 0.3) is 0 Å². The van der Waals surface area contributed by atoms with E-state index in [-0.39, 0.29) is 6.04 Å². The minimum Gasteiger partial charge on any atom is -0.478 e. The molecule has 0 bridgehead atoms. The highest BCUT2D eigenvalue weighted by molar-refractivity contribution is 9.11. The summed E-state index contributed by atoms with van der Waals surface area (Å²) in [7, 11) is 0. The van der Waals surface area contributed by atoms with Gasteiger partial charge in [-0.3, -0.25) is 4.68 Å². The molecule has 0 fully saturated rings. The van der Waals surface area contributed by atoms with Crippen molar-refractivity contribution < 1.29 is 19.8 Å². The number of thiophene rings is 1. The van der Waals surface area contributed by atoms with Gasteiger partial charge in [-0.05, 0) is 41.1 Å². The van der Waals surface area contributed by atoms with Gasteiger partial charge >= 0.3 is 11.9 Å². The fraction of sp³-hybridized carbons (Fsp3) is 0.188. The molecule has 0 saturated carbocycles. The van der Waals surface area contributed by atoms with Crippen LogP contribution in [0, 0.1) is 0 Å². The Morgan fingerprint density at radius 3 is 2.56 bits per heavy atom. The lowest BCUT2D eigenvalue weighted by atomic mass is 10.2. The van der Waals surface area contributed by atoms with Crippen LogP contribution in [0.1, 0.15) is 6.92 Å². The summed E-state index contributed by atoms with van der Waals surface area (Å²) in [6.45, 7) is 2.74. The van der Waals surface area contributed by atoms with Gasteiger partial charge < -0.3 is 15.9 Å². The van der Waals surface area contributed by atoms with Crippen LogP contribution in [-0.4, -0.2) is 38.0 Å². The number of aromatic nitrogens is 2. The van der Waals surface area contributed by atoms with E-state index >= 15 is 0 Å². The number of aliphatic carboxylic acids is 2. The maximum atomic E-state index is 9.55. The van der Waals surface area contributed by atoms with Crippen molar-refractivity contribution in [3.05, 3.63) is 40.3 Å². The van der Waals surface area contributed by atoms with E-state index in [4.69, 9.17) is 15.9 Å². The average Bonchev–Trinajstić information content (AvgIpc) is 3.07. The third-order valence-electron chi connectivity index (χ3n) is 3.10. The van der Waals surface area contributed by atoms with Crippen LogP contribution in [0.15, 0.2) is 40.3 Å². The SMILES string of the molecule is C[C@H](N)Cn1ncc2ccc3sc(Br)cc3c21.O=C(O)/C=C/C(=O)O. The summed E-state index contributed by atoms with van der Waals surface area (Å²) in [5, 5.41) is 22.5. The molecule has 132 valence electrons. The van der Waals surface area contributed by atoms with Crippen LogP contribution >= 0.6 is 27.3 Å². The molecule has 1 atom stereocenters. The van der Waals surface area contributed by atoms with Crippen LogP contribution < -0.4 is 5.73 Å². The summed E-state index contributed by atoms with van der Waals surface area (Å²) in [5.41, 5.74) is 7.04. The van der Waals surface area contributed by atoms with Gasteiger partial charge in [-0.25, -0.2) is 9.59 Å². The highest BCUT2D eigenvalue weighted by atomic mass is 79.9. The smallest absolute Gasteiger partial charge is 0.328 e. The summed E-state index contributed by atoms with van der Waals surface area (Å²) >= 11 is 5.28. The molecule has 0 radical (unpaired) electrons. The summed E-state index contributed by atoms with van der Waals surface area (Å²) in [4.78, 5) is 19.1. The average molecular weight is 426 g/mol. The largest absolute Gasteiger partial charge is 0.478 e. The van der Waals surface area contributed by atoms with Gasteiger partial charge in [0.05, 0.1) is 22.0 Å². The van der Waals surface area contributed by atoms with Gasteiger partial charge in [-0.2, -0.15) is 5.10 Å². The first-order valence-corrected chi connectivity index (χ1v) is 8.82.